The molecule has 0 spiro atoms. The highest BCUT2D eigenvalue weighted by Crippen LogP contribution is 2.24. The fourth-order valence-corrected chi connectivity index (χ4v) is 2.89. The van der Waals surface area contributed by atoms with Crippen LogP contribution in [-0.4, -0.2) is 29.2 Å². The van der Waals surface area contributed by atoms with Crippen molar-refractivity contribution < 1.29 is 5.11 Å². The average Bonchev–Trinajstić information content (AvgIpc) is 2.84. The summed E-state index contributed by atoms with van der Waals surface area (Å²) in [6.45, 7) is 3.10. The van der Waals surface area contributed by atoms with E-state index in [4.69, 9.17) is 10.8 Å². The Morgan fingerprint density at radius 3 is 2.78 bits per heavy atom. The number of nitrogens with zero attached hydrogens (tertiary/aromatic N) is 1. The standard InChI is InChI=1S/C15H24N2O/c16-11-13-5-1-2-6-14(13)12-17-9-3-7-15(17)8-4-10-18/h1-2,5-6,15,18H,3-4,7-12,16H2. The number of aliphatic hydroxyl groups excluding tert-OH is 1. The number of aliphatic hydroxyl groups is 1. The molecule has 0 aliphatic carbocycles. The number of hydrogen-bond acceptors (Lipinski definition) is 3. The van der Waals surface area contributed by atoms with Crippen LogP contribution in [0.1, 0.15) is 36.8 Å². The molecule has 2 rings (SSSR count). The summed E-state index contributed by atoms with van der Waals surface area (Å²) in [5.41, 5.74) is 8.40. The molecule has 1 aliphatic heterocycles. The molecule has 3 nitrogen and oxygen atoms in total. The van der Waals surface area contributed by atoms with E-state index in [1.54, 1.807) is 0 Å². The van der Waals surface area contributed by atoms with Crippen LogP contribution in [0.2, 0.25) is 0 Å². The molecule has 0 aromatic heterocycles. The Balaban J connectivity index is 1.99. The van der Waals surface area contributed by atoms with Gasteiger partial charge in [0.15, 0.2) is 0 Å². The minimum Gasteiger partial charge on any atom is -0.396 e. The van der Waals surface area contributed by atoms with Crippen molar-refractivity contribution in [2.24, 2.45) is 5.73 Å². The molecule has 1 aromatic rings. The molecule has 18 heavy (non-hydrogen) atoms. The van der Waals surface area contributed by atoms with E-state index in [0.29, 0.717) is 19.2 Å². The first-order chi connectivity index (χ1) is 8.85. The number of benzene rings is 1. The zero-order chi connectivity index (χ0) is 12.8. The maximum absolute atomic E-state index is 8.95. The summed E-state index contributed by atoms with van der Waals surface area (Å²) in [6, 6.07) is 9.09. The van der Waals surface area contributed by atoms with Crippen molar-refractivity contribution in [1.82, 2.24) is 4.90 Å². The number of nitrogens with two attached hydrogens (primary N) is 1. The number of likely N-dealkylation sites (tertiary alicyclic amines) is 1. The molecule has 0 bridgehead atoms. The van der Waals surface area contributed by atoms with Gasteiger partial charge in [0.1, 0.15) is 0 Å². The highest BCUT2D eigenvalue weighted by molar-refractivity contribution is 5.26. The van der Waals surface area contributed by atoms with Gasteiger partial charge in [-0.05, 0) is 43.4 Å². The summed E-state index contributed by atoms with van der Waals surface area (Å²) in [5, 5.41) is 8.95. The van der Waals surface area contributed by atoms with Gasteiger partial charge in [-0.3, -0.25) is 4.90 Å². The van der Waals surface area contributed by atoms with Crippen LogP contribution in [0.5, 0.6) is 0 Å². The first-order valence-corrected chi connectivity index (χ1v) is 6.97. The number of hydrogen-bond donors (Lipinski definition) is 2. The Bertz CT molecular complexity index is 367. The van der Waals surface area contributed by atoms with Crippen LogP contribution in [-0.2, 0) is 13.1 Å². The minimum absolute atomic E-state index is 0.309. The van der Waals surface area contributed by atoms with E-state index in [9.17, 15) is 0 Å². The normalized spacial score (nSPS) is 20.4. The third-order valence-corrected chi connectivity index (χ3v) is 3.91. The molecule has 1 saturated heterocycles. The molecule has 1 aliphatic rings. The second-order valence-corrected chi connectivity index (χ2v) is 5.11. The fraction of sp³-hybridized carbons (Fsp3) is 0.600. The lowest BCUT2D eigenvalue weighted by atomic mass is 10.1. The Morgan fingerprint density at radius 2 is 2.06 bits per heavy atom. The summed E-state index contributed by atoms with van der Waals surface area (Å²) in [4.78, 5) is 2.55. The predicted molar refractivity (Wildman–Crippen MR) is 74.1 cm³/mol. The third-order valence-electron chi connectivity index (χ3n) is 3.91. The summed E-state index contributed by atoms with van der Waals surface area (Å²) < 4.78 is 0. The summed E-state index contributed by atoms with van der Waals surface area (Å²) >= 11 is 0. The highest BCUT2D eigenvalue weighted by Gasteiger charge is 2.24. The lowest BCUT2D eigenvalue weighted by Gasteiger charge is -2.25. The molecule has 1 aromatic carbocycles. The van der Waals surface area contributed by atoms with Gasteiger partial charge in [-0.25, -0.2) is 0 Å². The van der Waals surface area contributed by atoms with Crippen LogP contribution in [0.15, 0.2) is 24.3 Å². The lowest BCUT2D eigenvalue weighted by molar-refractivity contribution is 0.210. The van der Waals surface area contributed by atoms with E-state index in [0.717, 1.165) is 19.4 Å². The predicted octanol–water partition coefficient (Wildman–Crippen LogP) is 1.88. The van der Waals surface area contributed by atoms with Crippen LogP contribution in [0.4, 0.5) is 0 Å². The summed E-state index contributed by atoms with van der Waals surface area (Å²) in [6.07, 6.45) is 4.58. The zero-order valence-electron chi connectivity index (χ0n) is 11.0. The fourth-order valence-electron chi connectivity index (χ4n) is 2.89. The van der Waals surface area contributed by atoms with Gasteiger partial charge in [0.25, 0.3) is 0 Å². The van der Waals surface area contributed by atoms with Gasteiger partial charge in [0, 0.05) is 25.7 Å². The van der Waals surface area contributed by atoms with E-state index < -0.39 is 0 Å². The van der Waals surface area contributed by atoms with Gasteiger partial charge < -0.3 is 10.8 Å². The van der Waals surface area contributed by atoms with Gasteiger partial charge in [0.05, 0.1) is 0 Å². The maximum Gasteiger partial charge on any atom is 0.0431 e. The Morgan fingerprint density at radius 1 is 1.28 bits per heavy atom. The van der Waals surface area contributed by atoms with Gasteiger partial charge in [-0.2, -0.15) is 0 Å². The second kappa shape index (κ2) is 6.88. The lowest BCUT2D eigenvalue weighted by Crippen LogP contribution is -2.29. The van der Waals surface area contributed by atoms with Gasteiger partial charge >= 0.3 is 0 Å². The van der Waals surface area contributed by atoms with Crippen molar-refractivity contribution in [3.8, 4) is 0 Å². The van der Waals surface area contributed by atoms with Gasteiger partial charge in [-0.1, -0.05) is 24.3 Å². The van der Waals surface area contributed by atoms with E-state index in [-0.39, 0.29) is 0 Å². The van der Waals surface area contributed by atoms with Crippen molar-refractivity contribution in [1.29, 1.82) is 0 Å². The van der Waals surface area contributed by atoms with Gasteiger partial charge in [-0.15, -0.1) is 0 Å². The molecule has 1 unspecified atom stereocenters. The van der Waals surface area contributed by atoms with Crippen LogP contribution in [0, 0.1) is 0 Å². The molecular formula is C15H24N2O. The van der Waals surface area contributed by atoms with Gasteiger partial charge in [0.2, 0.25) is 0 Å². The Hall–Kier alpha value is -0.900. The van der Waals surface area contributed by atoms with Crippen LogP contribution < -0.4 is 5.73 Å². The van der Waals surface area contributed by atoms with Crippen molar-refractivity contribution in [3.63, 3.8) is 0 Å². The summed E-state index contributed by atoms with van der Waals surface area (Å²) in [7, 11) is 0. The molecule has 0 amide bonds. The molecule has 1 heterocycles. The molecule has 3 N–H and O–H groups in total. The van der Waals surface area contributed by atoms with E-state index in [1.807, 2.05) is 0 Å². The summed E-state index contributed by atoms with van der Waals surface area (Å²) in [5.74, 6) is 0. The molecular weight excluding hydrogens is 224 g/mol. The molecule has 0 radical (unpaired) electrons. The largest absolute Gasteiger partial charge is 0.396 e. The topological polar surface area (TPSA) is 49.5 Å². The van der Waals surface area contributed by atoms with Crippen molar-refractivity contribution in [2.45, 2.75) is 44.8 Å². The smallest absolute Gasteiger partial charge is 0.0431 e. The Kier molecular flexibility index (Phi) is 5.17. The first-order valence-electron chi connectivity index (χ1n) is 6.97. The molecule has 1 atom stereocenters. The maximum atomic E-state index is 8.95. The SMILES string of the molecule is NCc1ccccc1CN1CCCC1CCCO. The first kappa shape index (κ1) is 13.5. The quantitative estimate of drug-likeness (QED) is 0.808. The van der Waals surface area contributed by atoms with Crippen LogP contribution >= 0.6 is 0 Å². The second-order valence-electron chi connectivity index (χ2n) is 5.11. The molecule has 1 fully saturated rings. The highest BCUT2D eigenvalue weighted by atomic mass is 16.2. The monoisotopic (exact) mass is 248 g/mol. The van der Waals surface area contributed by atoms with E-state index in [1.165, 1.54) is 30.5 Å². The van der Waals surface area contributed by atoms with E-state index in [2.05, 4.69) is 29.2 Å². The Labute approximate surface area is 110 Å². The zero-order valence-corrected chi connectivity index (χ0v) is 11.0. The molecule has 3 heteroatoms. The van der Waals surface area contributed by atoms with Crippen LogP contribution in [0.3, 0.4) is 0 Å². The third kappa shape index (κ3) is 3.31. The number of rotatable bonds is 6. The molecule has 100 valence electrons. The van der Waals surface area contributed by atoms with Crippen molar-refractivity contribution in [3.05, 3.63) is 35.4 Å². The van der Waals surface area contributed by atoms with E-state index >= 15 is 0 Å². The molecule has 0 saturated carbocycles. The minimum atomic E-state index is 0.309. The van der Waals surface area contributed by atoms with Crippen molar-refractivity contribution >= 4 is 0 Å². The van der Waals surface area contributed by atoms with Crippen molar-refractivity contribution in [2.75, 3.05) is 13.2 Å². The van der Waals surface area contributed by atoms with Crippen LogP contribution in [0.25, 0.3) is 0 Å². The average molecular weight is 248 g/mol.